The lowest BCUT2D eigenvalue weighted by Crippen LogP contribution is -2.13. The molecule has 2 N–H and O–H groups in total. The van der Waals surface area contributed by atoms with Gasteiger partial charge >= 0.3 is 0 Å². The van der Waals surface area contributed by atoms with Crippen LogP contribution in [0.2, 0.25) is 5.02 Å². The molecule has 0 aliphatic rings. The number of anilines is 3. The molecule has 0 fully saturated rings. The molecular formula is C18H15ClN6O2S2. The molecule has 0 unspecified atom stereocenters. The van der Waals surface area contributed by atoms with Crippen LogP contribution < -0.4 is 10.0 Å². The Balaban J connectivity index is 1.41. The second-order valence-corrected chi connectivity index (χ2v) is 8.99. The van der Waals surface area contributed by atoms with Crippen molar-refractivity contribution < 1.29 is 8.42 Å². The fraction of sp³-hybridized carbons (Fsp3) is 0.0556. The Hall–Kier alpha value is -2.95. The number of rotatable bonds is 7. The molecule has 148 valence electrons. The number of sulfonamides is 1. The molecule has 11 heteroatoms. The molecule has 29 heavy (non-hydrogen) atoms. The molecule has 1 aromatic carbocycles. The van der Waals surface area contributed by atoms with Gasteiger partial charge in [0.25, 0.3) is 10.0 Å². The topological polar surface area (TPSA) is 102 Å². The summed E-state index contributed by atoms with van der Waals surface area (Å²) in [4.78, 5) is 8.12. The van der Waals surface area contributed by atoms with E-state index in [1.54, 1.807) is 16.1 Å². The van der Waals surface area contributed by atoms with Crippen LogP contribution in [0.3, 0.4) is 0 Å². The summed E-state index contributed by atoms with van der Waals surface area (Å²) in [6.07, 6.45) is 4.65. The molecular weight excluding hydrogens is 432 g/mol. The van der Waals surface area contributed by atoms with Crippen molar-refractivity contribution in [1.29, 1.82) is 0 Å². The molecule has 0 radical (unpaired) electrons. The Kier molecular flexibility index (Phi) is 5.47. The van der Waals surface area contributed by atoms with E-state index >= 15 is 0 Å². The number of nitrogens with one attached hydrogen (secondary N) is 2. The summed E-state index contributed by atoms with van der Waals surface area (Å²) in [6.45, 7) is 0.603. The van der Waals surface area contributed by atoms with Crippen LogP contribution in [0.5, 0.6) is 0 Å². The highest BCUT2D eigenvalue weighted by Crippen LogP contribution is 2.19. The van der Waals surface area contributed by atoms with Gasteiger partial charge in [-0.3, -0.25) is 9.40 Å². The molecule has 4 aromatic rings. The maximum Gasteiger partial charge on any atom is 0.265 e. The number of hydrogen-bond donors (Lipinski definition) is 2. The molecule has 0 spiro atoms. The van der Waals surface area contributed by atoms with E-state index in [0.29, 0.717) is 28.3 Å². The molecule has 0 bridgehead atoms. The van der Waals surface area contributed by atoms with Crippen molar-refractivity contribution in [2.45, 2.75) is 11.4 Å². The summed E-state index contributed by atoms with van der Waals surface area (Å²) in [5.74, 6) is 1.08. The summed E-state index contributed by atoms with van der Waals surface area (Å²) >= 11 is 7.10. The van der Waals surface area contributed by atoms with Crippen molar-refractivity contribution in [3.63, 3.8) is 0 Å². The molecule has 0 aliphatic heterocycles. The van der Waals surface area contributed by atoms with E-state index in [2.05, 4.69) is 25.1 Å². The molecule has 0 aliphatic carbocycles. The van der Waals surface area contributed by atoms with Crippen molar-refractivity contribution in [3.8, 4) is 0 Å². The Morgan fingerprint density at radius 3 is 2.55 bits per heavy atom. The van der Waals surface area contributed by atoms with Gasteiger partial charge in [0, 0.05) is 35.1 Å². The number of halogens is 1. The second-order valence-electron chi connectivity index (χ2n) is 5.97. The van der Waals surface area contributed by atoms with Crippen LogP contribution in [0.1, 0.15) is 5.56 Å². The number of thiazole rings is 1. The van der Waals surface area contributed by atoms with Crippen LogP contribution in [0.15, 0.2) is 71.3 Å². The lowest BCUT2D eigenvalue weighted by Gasteiger charge is -2.06. The van der Waals surface area contributed by atoms with Gasteiger partial charge in [-0.2, -0.15) is 5.10 Å². The number of nitrogens with zero attached hydrogens (tertiary/aromatic N) is 4. The molecule has 3 heterocycles. The molecule has 0 saturated heterocycles. The van der Waals surface area contributed by atoms with Crippen LogP contribution in [0.25, 0.3) is 0 Å². The summed E-state index contributed by atoms with van der Waals surface area (Å²) < 4.78 is 28.9. The largest absolute Gasteiger partial charge is 0.323 e. The average molecular weight is 447 g/mol. The molecule has 4 rings (SSSR count). The third-order valence-electron chi connectivity index (χ3n) is 3.86. The fourth-order valence-corrected chi connectivity index (χ4v) is 4.34. The predicted molar refractivity (Wildman–Crippen MR) is 113 cm³/mol. The smallest absolute Gasteiger partial charge is 0.265 e. The average Bonchev–Trinajstić information content (AvgIpc) is 3.36. The maximum atomic E-state index is 12.3. The number of hydrogen-bond acceptors (Lipinski definition) is 7. The van der Waals surface area contributed by atoms with E-state index in [4.69, 9.17) is 11.6 Å². The van der Waals surface area contributed by atoms with Crippen molar-refractivity contribution in [2.75, 3.05) is 10.0 Å². The highest BCUT2D eigenvalue weighted by atomic mass is 35.5. The second kappa shape index (κ2) is 8.19. The summed E-state index contributed by atoms with van der Waals surface area (Å²) in [5, 5.41) is 10.2. The first-order valence-corrected chi connectivity index (χ1v) is 11.2. The van der Waals surface area contributed by atoms with Crippen LogP contribution in [-0.4, -0.2) is 28.2 Å². The van der Waals surface area contributed by atoms with Gasteiger partial charge in [-0.1, -0.05) is 23.7 Å². The molecule has 8 nitrogen and oxygen atoms in total. The van der Waals surface area contributed by atoms with Gasteiger partial charge in [-0.05, 0) is 29.8 Å². The van der Waals surface area contributed by atoms with Crippen LogP contribution in [-0.2, 0) is 16.6 Å². The van der Waals surface area contributed by atoms with Crippen molar-refractivity contribution in [2.24, 2.45) is 0 Å². The van der Waals surface area contributed by atoms with Gasteiger partial charge in [-0.25, -0.2) is 18.4 Å². The SMILES string of the molecule is O=S(=O)(Nc1nccs1)c1ccc(Nc2ccn(Cc3ccc(Cl)cc3)n2)nc1. The van der Waals surface area contributed by atoms with Crippen molar-refractivity contribution in [3.05, 3.63) is 77.0 Å². The lowest BCUT2D eigenvalue weighted by atomic mass is 10.2. The van der Waals surface area contributed by atoms with E-state index < -0.39 is 10.0 Å². The normalized spacial score (nSPS) is 11.3. The third-order valence-corrected chi connectivity index (χ3v) is 6.25. The highest BCUT2D eigenvalue weighted by molar-refractivity contribution is 7.93. The van der Waals surface area contributed by atoms with E-state index in [-0.39, 0.29) is 4.90 Å². The zero-order valence-electron chi connectivity index (χ0n) is 14.9. The number of pyridine rings is 1. The van der Waals surface area contributed by atoms with Gasteiger partial charge in [-0.15, -0.1) is 11.3 Å². The van der Waals surface area contributed by atoms with Crippen molar-refractivity contribution in [1.82, 2.24) is 19.7 Å². The Bertz CT molecular complexity index is 1190. The van der Waals surface area contributed by atoms with E-state index in [0.717, 1.165) is 5.56 Å². The summed E-state index contributed by atoms with van der Waals surface area (Å²) in [5.41, 5.74) is 1.07. The molecule has 0 saturated carbocycles. The van der Waals surface area contributed by atoms with E-state index in [9.17, 15) is 8.42 Å². The van der Waals surface area contributed by atoms with Gasteiger partial charge in [0.05, 0.1) is 6.54 Å². The van der Waals surface area contributed by atoms with E-state index in [1.807, 2.05) is 36.5 Å². The standard InChI is InChI=1S/C18H15ClN6O2S2/c19-14-3-1-13(2-4-14)12-25-9-7-17(23-25)22-16-6-5-15(11-21-16)29(26,27)24-18-20-8-10-28-18/h1-11H,12H2,(H,20,24)(H,21,22,23). The van der Waals surface area contributed by atoms with Crippen molar-refractivity contribution >= 4 is 49.7 Å². The zero-order chi connectivity index (χ0) is 20.3. The lowest BCUT2D eigenvalue weighted by molar-refractivity contribution is 0.601. The predicted octanol–water partition coefficient (Wildman–Crippen LogP) is 3.98. The highest BCUT2D eigenvalue weighted by Gasteiger charge is 2.16. The van der Waals surface area contributed by atoms with Gasteiger partial charge < -0.3 is 5.32 Å². The first-order chi connectivity index (χ1) is 14.0. The molecule has 3 aromatic heterocycles. The first kappa shape index (κ1) is 19.4. The number of benzene rings is 1. The molecule has 0 atom stereocenters. The minimum atomic E-state index is -3.73. The minimum Gasteiger partial charge on any atom is -0.323 e. The third kappa shape index (κ3) is 4.91. The van der Waals surface area contributed by atoms with Gasteiger partial charge in [0.2, 0.25) is 0 Å². The van der Waals surface area contributed by atoms with E-state index in [1.165, 1.54) is 29.8 Å². The van der Waals surface area contributed by atoms with Gasteiger partial charge in [0.15, 0.2) is 10.9 Å². The summed E-state index contributed by atoms with van der Waals surface area (Å²) in [6, 6.07) is 12.4. The maximum absolute atomic E-state index is 12.3. The molecule has 0 amide bonds. The Morgan fingerprint density at radius 1 is 1.03 bits per heavy atom. The quantitative estimate of drug-likeness (QED) is 0.445. The Morgan fingerprint density at radius 2 is 1.86 bits per heavy atom. The number of aromatic nitrogens is 4. The van der Waals surface area contributed by atoms with Crippen LogP contribution in [0, 0.1) is 0 Å². The summed E-state index contributed by atoms with van der Waals surface area (Å²) in [7, 11) is -3.73. The zero-order valence-corrected chi connectivity index (χ0v) is 17.2. The first-order valence-electron chi connectivity index (χ1n) is 8.41. The van der Waals surface area contributed by atoms with Crippen LogP contribution >= 0.6 is 22.9 Å². The monoisotopic (exact) mass is 446 g/mol. The Labute approximate surface area is 176 Å². The van der Waals surface area contributed by atoms with Crippen LogP contribution in [0.4, 0.5) is 16.8 Å². The fourth-order valence-electron chi connectivity index (χ4n) is 2.49. The minimum absolute atomic E-state index is 0.0477. The van der Waals surface area contributed by atoms with Gasteiger partial charge in [0.1, 0.15) is 10.7 Å².